The first-order valence-electron chi connectivity index (χ1n) is 10.2. The fraction of sp³-hybridized carbons (Fsp3) is 0.619. The van der Waals surface area contributed by atoms with E-state index in [2.05, 4.69) is 25.1 Å². The number of likely N-dealkylation sites (tertiary alicyclic amines) is 2. The van der Waals surface area contributed by atoms with Gasteiger partial charge in [-0.2, -0.15) is 0 Å². The number of rotatable bonds is 1. The van der Waals surface area contributed by atoms with Gasteiger partial charge in [0.05, 0.1) is 5.69 Å². The highest BCUT2D eigenvalue weighted by molar-refractivity contribution is 8.00. The third kappa shape index (κ3) is 3.96. The molecule has 0 radical (unpaired) electrons. The number of anilines is 1. The molecule has 0 bridgehead atoms. The van der Waals surface area contributed by atoms with Crippen molar-refractivity contribution in [1.82, 2.24) is 9.80 Å². The van der Waals surface area contributed by atoms with Crippen LogP contribution in [0.4, 0.5) is 10.5 Å². The van der Waals surface area contributed by atoms with Gasteiger partial charge in [-0.3, -0.25) is 4.79 Å². The molecule has 3 heterocycles. The molecule has 2 fully saturated rings. The minimum atomic E-state index is 0.0269. The van der Waals surface area contributed by atoms with Gasteiger partial charge in [0.15, 0.2) is 0 Å². The largest absolute Gasteiger partial charge is 0.325 e. The summed E-state index contributed by atoms with van der Waals surface area (Å²) in [7, 11) is 0. The van der Waals surface area contributed by atoms with Gasteiger partial charge < -0.3 is 14.7 Å². The summed E-state index contributed by atoms with van der Waals surface area (Å²) in [5.74, 6) is 0.268. The fourth-order valence-electron chi connectivity index (χ4n) is 4.36. The van der Waals surface area contributed by atoms with Crippen LogP contribution in [0, 0.1) is 5.92 Å². The minimum Gasteiger partial charge on any atom is -0.325 e. The van der Waals surface area contributed by atoms with Crippen LogP contribution in [-0.2, 0) is 4.79 Å². The summed E-state index contributed by atoms with van der Waals surface area (Å²) in [6.07, 6.45) is 4.80. The van der Waals surface area contributed by atoms with Crippen molar-refractivity contribution in [3.63, 3.8) is 0 Å². The lowest BCUT2D eigenvalue weighted by molar-refractivity contribution is -0.123. The molecule has 27 heavy (non-hydrogen) atoms. The zero-order chi connectivity index (χ0) is 18.8. The fourth-order valence-corrected chi connectivity index (χ4v) is 5.48. The molecule has 0 N–H and O–H groups in total. The lowest BCUT2D eigenvalue weighted by atomic mass is 9.95. The van der Waals surface area contributed by atoms with Crippen molar-refractivity contribution in [2.45, 2.75) is 49.2 Å². The number of fused-ring (bicyclic) bond motifs is 1. The first-order valence-corrected chi connectivity index (χ1v) is 11.1. The van der Waals surface area contributed by atoms with E-state index in [0.29, 0.717) is 18.3 Å². The second kappa shape index (κ2) is 8.13. The topological polar surface area (TPSA) is 43.9 Å². The Morgan fingerprint density at radius 2 is 1.59 bits per heavy atom. The van der Waals surface area contributed by atoms with Gasteiger partial charge >= 0.3 is 6.03 Å². The maximum absolute atomic E-state index is 13.3. The molecule has 3 amide bonds. The Morgan fingerprint density at radius 3 is 2.33 bits per heavy atom. The molecule has 4 rings (SSSR count). The Bertz CT molecular complexity index is 696. The van der Waals surface area contributed by atoms with Crippen LogP contribution in [0.15, 0.2) is 29.2 Å². The Hall–Kier alpha value is -1.69. The van der Waals surface area contributed by atoms with Crippen LogP contribution in [-0.4, -0.2) is 59.7 Å². The van der Waals surface area contributed by atoms with E-state index in [1.54, 1.807) is 0 Å². The van der Waals surface area contributed by atoms with Gasteiger partial charge in [-0.05, 0) is 44.2 Å². The van der Waals surface area contributed by atoms with E-state index in [4.69, 9.17) is 0 Å². The molecule has 3 aliphatic rings. The summed E-state index contributed by atoms with van der Waals surface area (Å²) in [5.41, 5.74) is 1.06. The Labute approximate surface area is 166 Å². The van der Waals surface area contributed by atoms with Gasteiger partial charge in [-0.1, -0.05) is 19.1 Å². The van der Waals surface area contributed by atoms with E-state index in [9.17, 15) is 9.59 Å². The molecule has 0 unspecified atom stereocenters. The molecule has 2 saturated heterocycles. The molecule has 1 aromatic carbocycles. The van der Waals surface area contributed by atoms with Crippen molar-refractivity contribution >= 4 is 29.4 Å². The first-order chi connectivity index (χ1) is 13.1. The summed E-state index contributed by atoms with van der Waals surface area (Å²) in [6, 6.07) is 8.44. The van der Waals surface area contributed by atoms with Crippen LogP contribution >= 0.6 is 11.8 Å². The highest BCUT2D eigenvalue weighted by Crippen LogP contribution is 2.38. The maximum atomic E-state index is 13.3. The number of amides is 3. The van der Waals surface area contributed by atoms with E-state index < -0.39 is 0 Å². The number of para-hydroxylation sites is 1. The summed E-state index contributed by atoms with van der Waals surface area (Å²) in [5, 5.41) is 0.517. The third-order valence-electron chi connectivity index (χ3n) is 6.00. The van der Waals surface area contributed by atoms with Crippen LogP contribution in [0.1, 0.15) is 39.0 Å². The highest BCUT2D eigenvalue weighted by Gasteiger charge is 2.34. The van der Waals surface area contributed by atoms with E-state index in [0.717, 1.165) is 57.4 Å². The standard InChI is InChI=1S/C21H29N3O2S/c1-16-8-15-24(18-6-2-3-7-19(18)27-16)20(25)17-9-13-23(14-10-17)21(26)22-11-4-5-12-22/h2-3,6-7,16-17H,4-5,8-15H2,1H3/t16-/m0/s1. The quantitative estimate of drug-likeness (QED) is 0.736. The summed E-state index contributed by atoms with van der Waals surface area (Å²) < 4.78 is 0. The number of carbonyl (C=O) groups is 2. The highest BCUT2D eigenvalue weighted by atomic mass is 32.2. The van der Waals surface area contributed by atoms with E-state index in [1.807, 2.05) is 32.5 Å². The van der Waals surface area contributed by atoms with E-state index in [-0.39, 0.29) is 17.9 Å². The molecule has 1 aromatic rings. The Kier molecular flexibility index (Phi) is 5.62. The van der Waals surface area contributed by atoms with E-state index in [1.165, 1.54) is 4.90 Å². The van der Waals surface area contributed by atoms with E-state index >= 15 is 0 Å². The van der Waals surface area contributed by atoms with Crippen molar-refractivity contribution in [2.75, 3.05) is 37.6 Å². The average Bonchev–Trinajstić information content (AvgIpc) is 3.17. The predicted molar refractivity (Wildman–Crippen MR) is 109 cm³/mol. The lowest BCUT2D eigenvalue weighted by Crippen LogP contribution is -2.48. The normalized spacial score (nSPS) is 23.9. The predicted octanol–water partition coefficient (Wildman–Crippen LogP) is 3.83. The second-order valence-electron chi connectivity index (χ2n) is 7.91. The van der Waals surface area contributed by atoms with Gasteiger partial charge in [0.1, 0.15) is 0 Å². The second-order valence-corrected chi connectivity index (χ2v) is 9.39. The molecule has 6 heteroatoms. The molecule has 3 aliphatic heterocycles. The molecule has 0 aromatic heterocycles. The number of nitrogens with zero attached hydrogens (tertiary/aromatic N) is 3. The van der Waals surface area contributed by atoms with Crippen molar-refractivity contribution < 1.29 is 9.59 Å². The minimum absolute atomic E-state index is 0.0269. The van der Waals surface area contributed by atoms with Crippen molar-refractivity contribution in [3.8, 4) is 0 Å². The van der Waals surface area contributed by atoms with Crippen LogP contribution in [0.2, 0.25) is 0 Å². The Balaban J connectivity index is 1.41. The number of hydrogen-bond donors (Lipinski definition) is 0. The smallest absolute Gasteiger partial charge is 0.319 e. The van der Waals surface area contributed by atoms with Crippen molar-refractivity contribution in [3.05, 3.63) is 24.3 Å². The SMILES string of the molecule is C[C@H]1CCN(C(=O)C2CCN(C(=O)N3CCCC3)CC2)c2ccccc2S1. The number of thioether (sulfide) groups is 1. The lowest BCUT2D eigenvalue weighted by Gasteiger charge is -2.36. The van der Waals surface area contributed by atoms with Crippen molar-refractivity contribution in [1.29, 1.82) is 0 Å². The number of piperidine rings is 1. The third-order valence-corrected chi connectivity index (χ3v) is 7.24. The van der Waals surface area contributed by atoms with Crippen LogP contribution in [0.5, 0.6) is 0 Å². The van der Waals surface area contributed by atoms with Gasteiger partial charge in [-0.15, -0.1) is 11.8 Å². The summed E-state index contributed by atoms with van der Waals surface area (Å²) >= 11 is 1.87. The molecule has 1 atom stereocenters. The number of urea groups is 1. The summed E-state index contributed by atoms with van der Waals surface area (Å²) in [4.78, 5) is 33.0. The monoisotopic (exact) mass is 387 g/mol. The molecule has 0 saturated carbocycles. The average molecular weight is 388 g/mol. The van der Waals surface area contributed by atoms with Crippen LogP contribution in [0.3, 0.4) is 0 Å². The van der Waals surface area contributed by atoms with Gasteiger partial charge in [0.25, 0.3) is 0 Å². The molecular weight excluding hydrogens is 358 g/mol. The first kappa shape index (κ1) is 18.7. The number of benzene rings is 1. The summed E-state index contributed by atoms with van der Waals surface area (Å²) in [6.45, 7) is 6.20. The van der Waals surface area contributed by atoms with Gasteiger partial charge in [0, 0.05) is 48.8 Å². The molecular formula is C21H29N3O2S. The molecule has 0 aliphatic carbocycles. The Morgan fingerprint density at radius 1 is 0.926 bits per heavy atom. The molecule has 146 valence electrons. The van der Waals surface area contributed by atoms with Crippen LogP contribution in [0.25, 0.3) is 0 Å². The zero-order valence-corrected chi connectivity index (χ0v) is 16.9. The van der Waals surface area contributed by atoms with Crippen LogP contribution < -0.4 is 4.90 Å². The number of hydrogen-bond acceptors (Lipinski definition) is 3. The van der Waals surface area contributed by atoms with Crippen molar-refractivity contribution in [2.24, 2.45) is 5.92 Å². The molecule has 5 nitrogen and oxygen atoms in total. The maximum Gasteiger partial charge on any atom is 0.319 e. The number of carbonyl (C=O) groups excluding carboxylic acids is 2. The molecule has 0 spiro atoms. The van der Waals surface area contributed by atoms with Gasteiger partial charge in [-0.25, -0.2) is 4.79 Å². The zero-order valence-electron chi connectivity index (χ0n) is 16.1. The van der Waals surface area contributed by atoms with Gasteiger partial charge in [0.2, 0.25) is 5.91 Å².